The zero-order chi connectivity index (χ0) is 18.4. The first kappa shape index (κ1) is 19.0. The van der Waals surface area contributed by atoms with E-state index in [-0.39, 0.29) is 6.61 Å². The molecule has 0 aliphatic rings. The minimum absolute atomic E-state index is 0.00493. The molecule has 3 N–H and O–H groups in total. The summed E-state index contributed by atoms with van der Waals surface area (Å²) in [5, 5.41) is 3.32. The highest BCUT2D eigenvalue weighted by Crippen LogP contribution is 2.27. The van der Waals surface area contributed by atoms with Gasteiger partial charge in [0.2, 0.25) is 5.91 Å². The number of ether oxygens (including phenoxy) is 2. The highest BCUT2D eigenvalue weighted by molar-refractivity contribution is 6.31. The number of benzene rings is 2. The maximum Gasteiger partial charge on any atom is 0.234 e. The molecule has 134 valence electrons. The number of rotatable bonds is 8. The number of methoxy groups -OCH3 is 1. The number of hydrogen-bond acceptors (Lipinski definition) is 4. The molecule has 0 saturated heterocycles. The van der Waals surface area contributed by atoms with Gasteiger partial charge in [-0.3, -0.25) is 4.79 Å². The fourth-order valence-electron chi connectivity index (χ4n) is 2.15. The minimum Gasteiger partial charge on any atom is -0.496 e. The molecular formula is C18H20ClFN2O3. The van der Waals surface area contributed by atoms with Gasteiger partial charge in [-0.05, 0) is 25.1 Å². The first-order chi connectivity index (χ1) is 11.9. The standard InChI is InChI=1S/C18H20ClFN2O3/c1-11(18(21)23)22-9-12-6-7-13(8-17(12)24-2)25-10-14-15(19)4-3-5-16(14)20/h3-8,11,22H,9-10H2,1-2H3,(H2,21,23). The molecule has 2 aromatic rings. The van der Waals surface area contributed by atoms with Gasteiger partial charge < -0.3 is 20.5 Å². The Morgan fingerprint density at radius 3 is 2.76 bits per heavy atom. The van der Waals surface area contributed by atoms with Gasteiger partial charge in [0.15, 0.2) is 0 Å². The lowest BCUT2D eigenvalue weighted by molar-refractivity contribution is -0.119. The highest BCUT2D eigenvalue weighted by atomic mass is 35.5. The molecule has 0 aliphatic carbocycles. The van der Waals surface area contributed by atoms with Crippen molar-refractivity contribution in [2.45, 2.75) is 26.1 Å². The summed E-state index contributed by atoms with van der Waals surface area (Å²) < 4.78 is 24.7. The summed E-state index contributed by atoms with van der Waals surface area (Å²) in [5.74, 6) is 0.255. The van der Waals surface area contributed by atoms with Crippen LogP contribution in [0.25, 0.3) is 0 Å². The number of nitrogens with two attached hydrogens (primary N) is 1. The molecular weight excluding hydrogens is 347 g/mol. The largest absolute Gasteiger partial charge is 0.496 e. The number of hydrogen-bond donors (Lipinski definition) is 2. The van der Waals surface area contributed by atoms with Crippen molar-refractivity contribution in [1.29, 1.82) is 0 Å². The summed E-state index contributed by atoms with van der Waals surface area (Å²) in [7, 11) is 1.54. The summed E-state index contributed by atoms with van der Waals surface area (Å²) >= 11 is 5.99. The van der Waals surface area contributed by atoms with Crippen LogP contribution in [-0.4, -0.2) is 19.1 Å². The molecule has 1 amide bonds. The molecule has 0 spiro atoms. The van der Waals surface area contributed by atoms with Gasteiger partial charge in [0.1, 0.15) is 23.9 Å². The summed E-state index contributed by atoms with van der Waals surface area (Å²) in [4.78, 5) is 11.1. The van der Waals surface area contributed by atoms with Crippen LogP contribution in [0.15, 0.2) is 36.4 Å². The molecule has 0 radical (unpaired) electrons. The van der Waals surface area contributed by atoms with Crippen molar-refractivity contribution in [2.24, 2.45) is 5.73 Å². The Hall–Kier alpha value is -2.31. The van der Waals surface area contributed by atoms with E-state index in [0.29, 0.717) is 28.6 Å². The van der Waals surface area contributed by atoms with E-state index in [1.54, 1.807) is 37.3 Å². The van der Waals surface area contributed by atoms with Crippen molar-refractivity contribution in [1.82, 2.24) is 5.32 Å². The summed E-state index contributed by atoms with van der Waals surface area (Å²) in [5.41, 5.74) is 6.36. The molecule has 0 aliphatic heterocycles. The summed E-state index contributed by atoms with van der Waals surface area (Å²) in [6.45, 7) is 2.10. The van der Waals surface area contributed by atoms with Gasteiger partial charge >= 0.3 is 0 Å². The molecule has 2 rings (SSSR count). The summed E-state index contributed by atoms with van der Waals surface area (Å²) in [6, 6.07) is 9.27. The van der Waals surface area contributed by atoms with Crippen LogP contribution < -0.4 is 20.5 Å². The average molecular weight is 367 g/mol. The van der Waals surface area contributed by atoms with Gasteiger partial charge in [0, 0.05) is 23.7 Å². The predicted octanol–water partition coefficient (Wildman–Crippen LogP) is 3.03. The molecule has 0 heterocycles. The third-order valence-corrected chi connectivity index (χ3v) is 4.08. The topological polar surface area (TPSA) is 73.6 Å². The van der Waals surface area contributed by atoms with Crippen LogP contribution in [0.2, 0.25) is 5.02 Å². The third kappa shape index (κ3) is 5.08. The van der Waals surface area contributed by atoms with E-state index >= 15 is 0 Å². The van der Waals surface area contributed by atoms with Crippen molar-refractivity contribution in [3.63, 3.8) is 0 Å². The quantitative estimate of drug-likeness (QED) is 0.753. The molecule has 2 aromatic carbocycles. The molecule has 1 unspecified atom stereocenters. The normalized spacial score (nSPS) is 11.8. The van der Waals surface area contributed by atoms with Crippen molar-refractivity contribution < 1.29 is 18.7 Å². The van der Waals surface area contributed by atoms with E-state index in [1.807, 2.05) is 0 Å². The summed E-state index contributed by atoms with van der Waals surface area (Å²) in [6.07, 6.45) is 0. The Bertz CT molecular complexity index is 735. The van der Waals surface area contributed by atoms with Crippen LogP contribution in [0, 0.1) is 5.82 Å². The highest BCUT2D eigenvalue weighted by Gasteiger charge is 2.12. The zero-order valence-corrected chi connectivity index (χ0v) is 14.8. The Balaban J connectivity index is 2.07. The number of halogens is 2. The van der Waals surface area contributed by atoms with Crippen LogP contribution in [0.5, 0.6) is 11.5 Å². The van der Waals surface area contributed by atoms with Crippen molar-refractivity contribution in [3.8, 4) is 11.5 Å². The first-order valence-electron chi connectivity index (χ1n) is 7.67. The maximum absolute atomic E-state index is 13.8. The van der Waals surface area contributed by atoms with Gasteiger partial charge in [0.05, 0.1) is 18.2 Å². The molecule has 0 bridgehead atoms. The zero-order valence-electron chi connectivity index (χ0n) is 14.0. The Labute approximate surface area is 150 Å². The lowest BCUT2D eigenvalue weighted by Crippen LogP contribution is -2.38. The number of primary amides is 1. The van der Waals surface area contributed by atoms with Gasteiger partial charge in [-0.2, -0.15) is 0 Å². The van der Waals surface area contributed by atoms with Gasteiger partial charge in [-0.25, -0.2) is 4.39 Å². The van der Waals surface area contributed by atoms with E-state index in [0.717, 1.165) is 5.56 Å². The van der Waals surface area contributed by atoms with Crippen LogP contribution in [0.1, 0.15) is 18.1 Å². The maximum atomic E-state index is 13.8. The number of nitrogens with one attached hydrogen (secondary N) is 1. The van der Waals surface area contributed by atoms with E-state index < -0.39 is 17.8 Å². The lowest BCUT2D eigenvalue weighted by atomic mass is 10.1. The van der Waals surface area contributed by atoms with Gasteiger partial charge in [-0.1, -0.05) is 23.7 Å². The van der Waals surface area contributed by atoms with Crippen molar-refractivity contribution >= 4 is 17.5 Å². The Kier molecular flexibility index (Phi) is 6.61. The number of carbonyl (C=O) groups excluding carboxylic acids is 1. The monoisotopic (exact) mass is 366 g/mol. The Morgan fingerprint density at radius 2 is 2.12 bits per heavy atom. The molecule has 0 fully saturated rings. The second-order valence-corrected chi connectivity index (χ2v) is 5.87. The van der Waals surface area contributed by atoms with E-state index in [2.05, 4.69) is 5.32 Å². The molecule has 0 aromatic heterocycles. The van der Waals surface area contributed by atoms with Crippen LogP contribution >= 0.6 is 11.6 Å². The molecule has 5 nitrogen and oxygen atoms in total. The average Bonchev–Trinajstić information content (AvgIpc) is 2.59. The molecule has 0 saturated carbocycles. The second-order valence-electron chi connectivity index (χ2n) is 5.47. The molecule has 7 heteroatoms. The molecule has 1 atom stereocenters. The number of carbonyl (C=O) groups is 1. The van der Waals surface area contributed by atoms with E-state index in [4.69, 9.17) is 26.8 Å². The smallest absolute Gasteiger partial charge is 0.234 e. The SMILES string of the molecule is COc1cc(OCc2c(F)cccc2Cl)ccc1CNC(C)C(N)=O. The third-order valence-electron chi connectivity index (χ3n) is 3.73. The fraction of sp³-hybridized carbons (Fsp3) is 0.278. The van der Waals surface area contributed by atoms with E-state index in [9.17, 15) is 9.18 Å². The lowest BCUT2D eigenvalue weighted by Gasteiger charge is -2.15. The van der Waals surface area contributed by atoms with Crippen LogP contribution in [0.4, 0.5) is 4.39 Å². The van der Waals surface area contributed by atoms with Crippen LogP contribution in [-0.2, 0) is 17.9 Å². The van der Waals surface area contributed by atoms with Gasteiger partial charge in [0.25, 0.3) is 0 Å². The van der Waals surface area contributed by atoms with Gasteiger partial charge in [-0.15, -0.1) is 0 Å². The van der Waals surface area contributed by atoms with E-state index in [1.165, 1.54) is 13.2 Å². The Morgan fingerprint density at radius 1 is 1.36 bits per heavy atom. The van der Waals surface area contributed by atoms with Crippen molar-refractivity contribution in [2.75, 3.05) is 7.11 Å². The fourth-order valence-corrected chi connectivity index (χ4v) is 2.37. The number of amides is 1. The van der Waals surface area contributed by atoms with Crippen LogP contribution in [0.3, 0.4) is 0 Å². The molecule has 25 heavy (non-hydrogen) atoms. The first-order valence-corrected chi connectivity index (χ1v) is 8.05. The van der Waals surface area contributed by atoms with Crippen molar-refractivity contribution in [3.05, 3.63) is 58.4 Å². The predicted molar refractivity (Wildman–Crippen MR) is 94.2 cm³/mol. The minimum atomic E-state index is -0.455. The second kappa shape index (κ2) is 8.69.